The highest BCUT2D eigenvalue weighted by Gasteiger charge is 2.56. The third kappa shape index (κ3) is 4.71. The number of nitrogens with zero attached hydrogens (tertiary/aromatic N) is 5. The lowest BCUT2D eigenvalue weighted by atomic mass is 9.84. The number of benzene rings is 2. The Morgan fingerprint density at radius 2 is 1.98 bits per heavy atom. The average Bonchev–Trinajstić information content (AvgIpc) is 3.53. The van der Waals surface area contributed by atoms with Crippen LogP contribution < -0.4 is 0 Å². The second kappa shape index (κ2) is 10.7. The molecule has 2 aliphatic rings. The van der Waals surface area contributed by atoms with Crippen molar-refractivity contribution in [1.29, 1.82) is 5.26 Å². The first kappa shape index (κ1) is 28.7. The highest BCUT2D eigenvalue weighted by molar-refractivity contribution is 6.30. The molecule has 9 nitrogen and oxygen atoms in total. The van der Waals surface area contributed by atoms with Gasteiger partial charge in [-0.15, -0.1) is 0 Å². The molecule has 2 N–H and O–H groups in total. The molecule has 2 atom stereocenters. The summed E-state index contributed by atoms with van der Waals surface area (Å²) in [7, 11) is 1.68. The number of ether oxygens (including phenoxy) is 1. The summed E-state index contributed by atoms with van der Waals surface area (Å²) >= 11 is 6.22. The predicted molar refractivity (Wildman–Crippen MR) is 154 cm³/mol. The quantitative estimate of drug-likeness (QED) is 0.289. The molecule has 0 bridgehead atoms. The van der Waals surface area contributed by atoms with Gasteiger partial charge in [-0.2, -0.15) is 10.4 Å². The molecular formula is C32H27ClFN5O4. The van der Waals surface area contributed by atoms with Crippen LogP contribution in [-0.4, -0.2) is 48.0 Å². The molecule has 2 aromatic carbocycles. The zero-order valence-corrected chi connectivity index (χ0v) is 23.9. The van der Waals surface area contributed by atoms with Crippen LogP contribution in [0.5, 0.6) is 0 Å². The average molecular weight is 600 g/mol. The Labute approximate surface area is 252 Å². The molecule has 4 aromatic rings. The van der Waals surface area contributed by atoms with Crippen molar-refractivity contribution in [2.24, 2.45) is 7.05 Å². The smallest absolute Gasteiger partial charge is 0.257 e. The normalized spacial score (nSPS) is 22.4. The maximum Gasteiger partial charge on any atom is 0.257 e. The molecule has 1 aliphatic heterocycles. The van der Waals surface area contributed by atoms with Gasteiger partial charge in [0.25, 0.3) is 5.91 Å². The van der Waals surface area contributed by atoms with E-state index < -0.39 is 35.3 Å². The Hall–Kier alpha value is -4.40. The summed E-state index contributed by atoms with van der Waals surface area (Å²) in [5.41, 5.74) is -2.00. The largest absolute Gasteiger partial charge is 0.393 e. The highest BCUT2D eigenvalue weighted by atomic mass is 35.5. The van der Waals surface area contributed by atoms with Crippen molar-refractivity contribution in [2.45, 2.75) is 42.9 Å². The lowest BCUT2D eigenvalue weighted by Crippen LogP contribution is -2.51. The van der Waals surface area contributed by atoms with Crippen molar-refractivity contribution in [2.75, 3.05) is 0 Å². The Morgan fingerprint density at radius 1 is 1.23 bits per heavy atom. The van der Waals surface area contributed by atoms with Crippen molar-refractivity contribution in [3.63, 3.8) is 0 Å². The number of fused-ring (bicyclic) bond motifs is 1. The number of aryl methyl sites for hydroxylation is 1. The van der Waals surface area contributed by atoms with Gasteiger partial charge in [0.2, 0.25) is 5.72 Å². The summed E-state index contributed by atoms with van der Waals surface area (Å²) in [6.07, 6.45) is 5.24. The van der Waals surface area contributed by atoms with Crippen LogP contribution in [0.4, 0.5) is 4.39 Å². The summed E-state index contributed by atoms with van der Waals surface area (Å²) in [6.45, 7) is 3.68. The fourth-order valence-corrected chi connectivity index (χ4v) is 5.88. The number of aromatic nitrogens is 3. The van der Waals surface area contributed by atoms with Crippen LogP contribution in [0, 0.1) is 17.1 Å². The Kier molecular flexibility index (Phi) is 7.15. The van der Waals surface area contributed by atoms with E-state index in [2.05, 4.69) is 16.7 Å². The third-order valence-electron chi connectivity index (χ3n) is 8.08. The molecule has 1 unspecified atom stereocenters. The first-order chi connectivity index (χ1) is 20.6. The van der Waals surface area contributed by atoms with Gasteiger partial charge >= 0.3 is 0 Å². The summed E-state index contributed by atoms with van der Waals surface area (Å²) in [6, 6.07) is 14.4. The number of hydrogen-bond donors (Lipinski definition) is 2. The van der Waals surface area contributed by atoms with Crippen LogP contribution in [0.3, 0.4) is 0 Å². The first-order valence-electron chi connectivity index (χ1n) is 13.6. The van der Waals surface area contributed by atoms with E-state index in [1.165, 1.54) is 40.2 Å². The highest BCUT2D eigenvalue weighted by Crippen LogP contribution is 2.51. The van der Waals surface area contributed by atoms with Gasteiger partial charge in [-0.25, -0.2) is 4.39 Å². The lowest BCUT2D eigenvalue weighted by molar-refractivity contribution is -0.191. The van der Waals surface area contributed by atoms with E-state index in [0.29, 0.717) is 40.2 Å². The maximum absolute atomic E-state index is 16.7. The Balaban J connectivity index is 1.57. The fourth-order valence-electron chi connectivity index (χ4n) is 5.75. The van der Waals surface area contributed by atoms with Crippen molar-refractivity contribution >= 4 is 17.5 Å². The summed E-state index contributed by atoms with van der Waals surface area (Å²) in [5.74, 6) is -1.34. The molecule has 0 radical (unpaired) electrons. The topological polar surface area (TPSA) is 124 Å². The lowest BCUT2D eigenvalue weighted by Gasteiger charge is -2.45. The number of pyridine rings is 1. The van der Waals surface area contributed by atoms with Crippen molar-refractivity contribution < 1.29 is 24.1 Å². The number of aliphatic hydroxyl groups excluding tert-OH is 1. The Morgan fingerprint density at radius 3 is 2.56 bits per heavy atom. The van der Waals surface area contributed by atoms with Gasteiger partial charge < -0.3 is 14.9 Å². The van der Waals surface area contributed by atoms with E-state index in [1.54, 1.807) is 49.6 Å². The maximum atomic E-state index is 16.7. The van der Waals surface area contributed by atoms with Crippen LogP contribution >= 0.6 is 11.6 Å². The van der Waals surface area contributed by atoms with Crippen molar-refractivity contribution in [3.8, 4) is 6.07 Å². The van der Waals surface area contributed by atoms with Gasteiger partial charge in [0, 0.05) is 35.6 Å². The van der Waals surface area contributed by atoms with E-state index in [-0.39, 0.29) is 23.2 Å². The number of halogens is 2. The van der Waals surface area contributed by atoms with Gasteiger partial charge in [0.1, 0.15) is 17.5 Å². The number of hydrogen-bond acceptors (Lipinski definition) is 7. The molecule has 218 valence electrons. The van der Waals surface area contributed by atoms with Gasteiger partial charge in [-0.1, -0.05) is 36.4 Å². The number of aliphatic hydroxyl groups is 2. The molecule has 11 heteroatoms. The zero-order chi connectivity index (χ0) is 30.5. The van der Waals surface area contributed by atoms with Gasteiger partial charge in [0.05, 0.1) is 47.3 Å². The molecule has 43 heavy (non-hydrogen) atoms. The van der Waals surface area contributed by atoms with Crippen LogP contribution in [0.15, 0.2) is 79.8 Å². The van der Waals surface area contributed by atoms with Crippen LogP contribution in [0.2, 0.25) is 5.02 Å². The van der Waals surface area contributed by atoms with Gasteiger partial charge in [0.15, 0.2) is 0 Å². The second-order valence-electron chi connectivity index (χ2n) is 10.8. The standard InChI is InChI=1S/C32H27ClFN5O4/c1-3-31(42,22-16-37-38(2)17-22)21-10-27-29(28(34)11-21)32(43-26-12-25(40)13-26,20-5-7-23(33)8-6-20)39(30(27)41)18-24-9-4-19(14-35)15-36-24/h3-11,15-17,25-26,40,42H,1,12-13,18H2,2H3/t25?,26?,31?,32-/m1/s1. The fraction of sp³-hybridized carbons (Fsp3) is 0.250. The van der Waals surface area contributed by atoms with E-state index in [4.69, 9.17) is 16.3 Å². The minimum atomic E-state index is -1.85. The van der Waals surface area contributed by atoms with E-state index in [1.807, 2.05) is 6.07 Å². The molecule has 2 aromatic heterocycles. The third-order valence-corrected chi connectivity index (χ3v) is 8.33. The molecule has 0 saturated heterocycles. The van der Waals surface area contributed by atoms with E-state index in [9.17, 15) is 20.3 Å². The number of rotatable bonds is 8. The minimum Gasteiger partial charge on any atom is -0.393 e. The number of amides is 1. The van der Waals surface area contributed by atoms with Gasteiger partial charge in [-0.05, 0) is 54.8 Å². The van der Waals surface area contributed by atoms with Crippen LogP contribution in [-0.2, 0) is 29.7 Å². The predicted octanol–water partition coefficient (Wildman–Crippen LogP) is 4.30. The minimum absolute atomic E-state index is 0.0115. The molecular weight excluding hydrogens is 573 g/mol. The van der Waals surface area contributed by atoms with Crippen LogP contribution in [0.25, 0.3) is 0 Å². The second-order valence-corrected chi connectivity index (χ2v) is 11.2. The molecule has 1 saturated carbocycles. The van der Waals surface area contributed by atoms with E-state index >= 15 is 4.39 Å². The van der Waals surface area contributed by atoms with Crippen molar-refractivity contribution in [1.82, 2.24) is 19.7 Å². The van der Waals surface area contributed by atoms with Crippen LogP contribution in [0.1, 0.15) is 56.7 Å². The molecule has 3 heterocycles. The Bertz CT molecular complexity index is 1760. The van der Waals surface area contributed by atoms with E-state index in [0.717, 1.165) is 0 Å². The SMILES string of the molecule is C=CC(O)(c1cc(F)c2c(c1)C(=O)N(Cc1ccc(C#N)cn1)[C@@]2(OC1CC(O)C1)c1ccc(Cl)cc1)c1cnn(C)c1. The first-order valence-corrected chi connectivity index (χ1v) is 14.0. The van der Waals surface area contributed by atoms with Crippen molar-refractivity contribution in [3.05, 3.63) is 130 Å². The molecule has 1 fully saturated rings. The summed E-state index contributed by atoms with van der Waals surface area (Å²) in [4.78, 5) is 20.1. The number of carbonyl (C=O) groups excluding carboxylic acids is 1. The molecule has 6 rings (SSSR count). The summed E-state index contributed by atoms with van der Waals surface area (Å²) in [5, 5.41) is 35.5. The zero-order valence-electron chi connectivity index (χ0n) is 23.1. The molecule has 1 aliphatic carbocycles. The number of nitriles is 1. The summed E-state index contributed by atoms with van der Waals surface area (Å²) < 4.78 is 24.8. The number of carbonyl (C=O) groups is 1. The molecule has 1 amide bonds. The molecule has 0 spiro atoms. The monoisotopic (exact) mass is 599 g/mol. The van der Waals surface area contributed by atoms with Gasteiger partial charge in [-0.3, -0.25) is 19.4 Å².